The minimum atomic E-state index is 0.217. The van der Waals surface area contributed by atoms with Gasteiger partial charge in [-0.15, -0.1) is 6.58 Å². The van der Waals surface area contributed by atoms with Gasteiger partial charge in [0, 0.05) is 6.04 Å². The van der Waals surface area contributed by atoms with Crippen LogP contribution in [0.25, 0.3) is 0 Å². The first-order chi connectivity index (χ1) is 8.29. The monoisotopic (exact) mass is 245 g/mol. The highest BCUT2D eigenvalue weighted by atomic mass is 14.9. The second-order valence-electron chi connectivity index (χ2n) is 6.17. The molecule has 1 nitrogen and oxygen atoms in total. The Labute approximate surface area is 112 Å². The molecule has 0 bridgehead atoms. The zero-order valence-electron chi connectivity index (χ0n) is 12.7. The summed E-state index contributed by atoms with van der Waals surface area (Å²) in [6.45, 7) is 15.1. The number of hydrogen-bond acceptors (Lipinski definition) is 1. The minimum absolute atomic E-state index is 0.217. The van der Waals surface area contributed by atoms with Crippen LogP contribution in [0.15, 0.2) is 24.8 Å². The van der Waals surface area contributed by atoms with Crippen LogP contribution in [0, 0.1) is 13.8 Å². The molecular formula is C17H27N. The highest BCUT2D eigenvalue weighted by Crippen LogP contribution is 2.27. The maximum atomic E-state index is 3.88. The van der Waals surface area contributed by atoms with Crippen molar-refractivity contribution >= 4 is 0 Å². The highest BCUT2D eigenvalue weighted by molar-refractivity contribution is 5.41. The Balaban J connectivity index is 3.13. The van der Waals surface area contributed by atoms with Gasteiger partial charge in [0.1, 0.15) is 0 Å². The smallest absolute Gasteiger partial charge is 0.0285 e. The van der Waals surface area contributed by atoms with Gasteiger partial charge in [-0.05, 0) is 55.0 Å². The van der Waals surface area contributed by atoms with E-state index in [-0.39, 0.29) is 5.41 Å². The lowest BCUT2D eigenvalue weighted by Crippen LogP contribution is -2.25. The number of aryl methyl sites for hydroxylation is 2. The minimum Gasteiger partial charge on any atom is -0.313 e. The van der Waals surface area contributed by atoms with E-state index in [0.29, 0.717) is 6.04 Å². The number of likely N-dealkylation sites (N-methyl/N-ethyl adjacent to an activating group) is 1. The molecular weight excluding hydrogens is 218 g/mol. The fourth-order valence-electron chi connectivity index (χ4n) is 2.27. The normalized spacial score (nSPS) is 13.4. The summed E-state index contributed by atoms with van der Waals surface area (Å²) in [6.07, 6.45) is 3.00. The molecule has 1 N–H and O–H groups in total. The second kappa shape index (κ2) is 5.71. The summed E-state index contributed by atoms with van der Waals surface area (Å²) in [4.78, 5) is 0. The first kappa shape index (κ1) is 15.0. The van der Waals surface area contributed by atoms with E-state index in [9.17, 15) is 0 Å². The molecule has 1 heteroatoms. The molecule has 0 radical (unpaired) electrons. The van der Waals surface area contributed by atoms with Gasteiger partial charge >= 0.3 is 0 Å². The zero-order chi connectivity index (χ0) is 13.9. The van der Waals surface area contributed by atoms with Crippen LogP contribution in [-0.4, -0.2) is 13.1 Å². The van der Waals surface area contributed by atoms with Crippen molar-refractivity contribution in [1.82, 2.24) is 5.32 Å². The molecule has 1 aromatic carbocycles. The van der Waals surface area contributed by atoms with E-state index in [4.69, 9.17) is 0 Å². The summed E-state index contributed by atoms with van der Waals surface area (Å²) in [7, 11) is 1.99. The number of rotatable bonds is 4. The molecule has 1 unspecified atom stereocenters. The Morgan fingerprint density at radius 1 is 1.22 bits per heavy atom. The van der Waals surface area contributed by atoms with Crippen LogP contribution in [0.3, 0.4) is 0 Å². The Hall–Kier alpha value is -1.08. The molecule has 0 heterocycles. The largest absolute Gasteiger partial charge is 0.313 e. The van der Waals surface area contributed by atoms with Crippen LogP contribution in [-0.2, 0) is 11.8 Å². The molecule has 18 heavy (non-hydrogen) atoms. The Morgan fingerprint density at radius 3 is 2.06 bits per heavy atom. The Bertz CT molecular complexity index is 401. The van der Waals surface area contributed by atoms with Crippen LogP contribution in [0.1, 0.15) is 43.0 Å². The Morgan fingerprint density at radius 2 is 1.72 bits per heavy atom. The van der Waals surface area contributed by atoms with Gasteiger partial charge in [0.05, 0.1) is 0 Å². The lowest BCUT2D eigenvalue weighted by atomic mass is 9.83. The molecule has 0 aromatic heterocycles. The maximum absolute atomic E-state index is 3.88. The number of benzene rings is 1. The van der Waals surface area contributed by atoms with Gasteiger partial charge in [0.15, 0.2) is 0 Å². The van der Waals surface area contributed by atoms with E-state index >= 15 is 0 Å². The highest BCUT2D eigenvalue weighted by Gasteiger charge is 2.17. The molecule has 1 rings (SSSR count). The van der Waals surface area contributed by atoms with Crippen molar-refractivity contribution in [3.05, 3.63) is 47.0 Å². The molecule has 0 spiro atoms. The molecule has 1 aromatic rings. The van der Waals surface area contributed by atoms with Gasteiger partial charge in [-0.25, -0.2) is 0 Å². The van der Waals surface area contributed by atoms with Gasteiger partial charge in [-0.1, -0.05) is 39.0 Å². The van der Waals surface area contributed by atoms with E-state index in [1.54, 1.807) is 0 Å². The third-order valence-electron chi connectivity index (χ3n) is 3.64. The predicted octanol–water partition coefficient (Wildman–Crippen LogP) is 3.92. The molecule has 0 aliphatic carbocycles. The lowest BCUT2D eigenvalue weighted by Gasteiger charge is -2.23. The fraction of sp³-hybridized carbons (Fsp3) is 0.529. The second-order valence-corrected chi connectivity index (χ2v) is 6.17. The van der Waals surface area contributed by atoms with Gasteiger partial charge in [0.25, 0.3) is 0 Å². The number of nitrogens with one attached hydrogen (secondary N) is 1. The molecule has 0 aliphatic rings. The third kappa shape index (κ3) is 3.46. The predicted molar refractivity (Wildman–Crippen MR) is 81.4 cm³/mol. The van der Waals surface area contributed by atoms with Gasteiger partial charge < -0.3 is 5.32 Å². The van der Waals surface area contributed by atoms with Crippen LogP contribution in [0.2, 0.25) is 0 Å². The van der Waals surface area contributed by atoms with Crippen molar-refractivity contribution in [2.45, 2.75) is 52.5 Å². The first-order valence-electron chi connectivity index (χ1n) is 6.70. The van der Waals surface area contributed by atoms with E-state index in [0.717, 1.165) is 6.42 Å². The summed E-state index contributed by atoms with van der Waals surface area (Å²) >= 11 is 0. The quantitative estimate of drug-likeness (QED) is 0.793. The van der Waals surface area contributed by atoms with Gasteiger partial charge in [-0.2, -0.15) is 0 Å². The molecule has 0 saturated carbocycles. The lowest BCUT2D eigenvalue weighted by molar-refractivity contribution is 0.587. The summed E-state index contributed by atoms with van der Waals surface area (Å²) in [5.41, 5.74) is 5.86. The van der Waals surface area contributed by atoms with E-state index in [1.165, 1.54) is 22.3 Å². The molecule has 0 aliphatic heterocycles. The van der Waals surface area contributed by atoms with Crippen molar-refractivity contribution in [3.8, 4) is 0 Å². The van der Waals surface area contributed by atoms with Gasteiger partial charge in [0.2, 0.25) is 0 Å². The van der Waals surface area contributed by atoms with Crippen molar-refractivity contribution in [2.24, 2.45) is 0 Å². The zero-order valence-corrected chi connectivity index (χ0v) is 12.7. The fourth-order valence-corrected chi connectivity index (χ4v) is 2.27. The standard InChI is InChI=1S/C17H27N/c1-8-15(18-7)11-16-12(2)9-14(10-13(16)3)17(4,5)6/h8-10,15,18H,1,11H2,2-7H3. The summed E-state index contributed by atoms with van der Waals surface area (Å²) in [6, 6.07) is 5.01. The SMILES string of the molecule is C=CC(Cc1c(C)cc(C(C)(C)C)cc1C)NC. The molecule has 1 atom stereocenters. The van der Waals surface area contributed by atoms with E-state index in [1.807, 2.05) is 13.1 Å². The number of hydrogen-bond donors (Lipinski definition) is 1. The average Bonchev–Trinajstić information content (AvgIpc) is 2.27. The summed E-state index contributed by atoms with van der Waals surface area (Å²) in [5.74, 6) is 0. The maximum Gasteiger partial charge on any atom is 0.0285 e. The third-order valence-corrected chi connectivity index (χ3v) is 3.64. The molecule has 0 fully saturated rings. The Kier molecular flexibility index (Phi) is 4.75. The molecule has 100 valence electrons. The average molecular weight is 245 g/mol. The van der Waals surface area contributed by atoms with E-state index < -0.39 is 0 Å². The van der Waals surface area contributed by atoms with Gasteiger partial charge in [-0.3, -0.25) is 0 Å². The van der Waals surface area contributed by atoms with Crippen molar-refractivity contribution in [3.63, 3.8) is 0 Å². The summed E-state index contributed by atoms with van der Waals surface area (Å²) in [5, 5.41) is 3.28. The molecule has 0 amide bonds. The van der Waals surface area contributed by atoms with Crippen molar-refractivity contribution in [2.75, 3.05) is 7.05 Å². The topological polar surface area (TPSA) is 12.0 Å². The van der Waals surface area contributed by atoms with Crippen molar-refractivity contribution in [1.29, 1.82) is 0 Å². The van der Waals surface area contributed by atoms with Crippen molar-refractivity contribution < 1.29 is 0 Å². The van der Waals surface area contributed by atoms with Crippen LogP contribution in [0.4, 0.5) is 0 Å². The molecule has 0 saturated heterocycles. The van der Waals surface area contributed by atoms with Crippen LogP contribution < -0.4 is 5.32 Å². The first-order valence-corrected chi connectivity index (χ1v) is 6.70. The van der Waals surface area contributed by atoms with Crippen LogP contribution >= 0.6 is 0 Å². The van der Waals surface area contributed by atoms with Crippen LogP contribution in [0.5, 0.6) is 0 Å². The van der Waals surface area contributed by atoms with E-state index in [2.05, 4.69) is 58.6 Å². The summed E-state index contributed by atoms with van der Waals surface area (Å²) < 4.78 is 0.